The minimum absolute atomic E-state index is 0.0570. The van der Waals surface area contributed by atoms with Crippen LogP contribution < -0.4 is 11.1 Å². The van der Waals surface area contributed by atoms with Crippen molar-refractivity contribution < 1.29 is 4.79 Å². The summed E-state index contributed by atoms with van der Waals surface area (Å²) in [6.45, 7) is 14.3. The summed E-state index contributed by atoms with van der Waals surface area (Å²) in [6.07, 6.45) is 0. The SMILES string of the molecule is CC(=O)Nc1cc(C(C)(C)C)c(N)c(C(C)(C)C)c1. The molecule has 0 aromatic heterocycles. The molecule has 1 rings (SSSR count). The quantitative estimate of drug-likeness (QED) is 0.756. The van der Waals surface area contributed by atoms with Crippen LogP contribution in [0.15, 0.2) is 12.1 Å². The molecule has 0 heterocycles. The number of nitrogens with two attached hydrogens (primary N) is 1. The van der Waals surface area contributed by atoms with Crippen molar-refractivity contribution >= 4 is 17.3 Å². The Morgan fingerprint density at radius 2 is 1.37 bits per heavy atom. The second-order valence-electron chi connectivity index (χ2n) is 7.17. The molecule has 0 saturated carbocycles. The first-order valence-electron chi connectivity index (χ1n) is 6.65. The molecule has 0 bridgehead atoms. The van der Waals surface area contributed by atoms with Crippen LogP contribution in [0, 0.1) is 0 Å². The maximum atomic E-state index is 11.3. The van der Waals surface area contributed by atoms with Crippen molar-refractivity contribution in [3.8, 4) is 0 Å². The number of nitrogen functional groups attached to an aromatic ring is 1. The van der Waals surface area contributed by atoms with E-state index in [9.17, 15) is 4.79 Å². The van der Waals surface area contributed by atoms with Gasteiger partial charge >= 0.3 is 0 Å². The van der Waals surface area contributed by atoms with E-state index in [2.05, 4.69) is 46.9 Å². The van der Waals surface area contributed by atoms with Gasteiger partial charge in [0.25, 0.3) is 0 Å². The molecule has 106 valence electrons. The lowest BCUT2D eigenvalue weighted by Gasteiger charge is -2.29. The zero-order chi connectivity index (χ0) is 15.0. The average Bonchev–Trinajstić information content (AvgIpc) is 2.16. The van der Waals surface area contributed by atoms with E-state index < -0.39 is 0 Å². The number of hydrogen-bond acceptors (Lipinski definition) is 2. The number of anilines is 2. The van der Waals surface area contributed by atoms with Crippen molar-refractivity contribution in [3.05, 3.63) is 23.3 Å². The van der Waals surface area contributed by atoms with E-state index in [4.69, 9.17) is 5.73 Å². The van der Waals surface area contributed by atoms with E-state index in [0.717, 1.165) is 22.5 Å². The Morgan fingerprint density at radius 1 is 1.00 bits per heavy atom. The predicted octanol–water partition coefficient (Wildman–Crippen LogP) is 3.82. The van der Waals surface area contributed by atoms with Gasteiger partial charge in [0.15, 0.2) is 0 Å². The maximum Gasteiger partial charge on any atom is 0.221 e. The first-order chi connectivity index (χ1) is 8.43. The second-order valence-corrected chi connectivity index (χ2v) is 7.17. The Bertz CT molecular complexity index is 455. The molecular weight excluding hydrogens is 236 g/mol. The van der Waals surface area contributed by atoms with Crippen LogP contribution in [0.5, 0.6) is 0 Å². The van der Waals surface area contributed by atoms with Crippen LogP contribution in [-0.2, 0) is 15.6 Å². The molecule has 1 aromatic carbocycles. The van der Waals surface area contributed by atoms with Crippen LogP contribution in [0.4, 0.5) is 11.4 Å². The van der Waals surface area contributed by atoms with Crippen LogP contribution in [0.1, 0.15) is 59.6 Å². The van der Waals surface area contributed by atoms with Gasteiger partial charge < -0.3 is 11.1 Å². The van der Waals surface area contributed by atoms with Gasteiger partial charge in [-0.25, -0.2) is 0 Å². The number of amides is 1. The Hall–Kier alpha value is -1.51. The summed E-state index contributed by atoms with van der Waals surface area (Å²) in [5.74, 6) is -0.0653. The zero-order valence-corrected chi connectivity index (χ0v) is 13.1. The van der Waals surface area contributed by atoms with Gasteiger partial charge in [-0.3, -0.25) is 4.79 Å². The number of carbonyl (C=O) groups excluding carboxylic acids is 1. The van der Waals surface area contributed by atoms with Crippen LogP contribution in [0.25, 0.3) is 0 Å². The van der Waals surface area contributed by atoms with Gasteiger partial charge in [-0.1, -0.05) is 41.5 Å². The summed E-state index contributed by atoms with van der Waals surface area (Å²) < 4.78 is 0. The van der Waals surface area contributed by atoms with Gasteiger partial charge in [-0.2, -0.15) is 0 Å². The van der Waals surface area contributed by atoms with Crippen LogP contribution >= 0.6 is 0 Å². The highest BCUT2D eigenvalue weighted by molar-refractivity contribution is 5.89. The fourth-order valence-electron chi connectivity index (χ4n) is 2.17. The lowest BCUT2D eigenvalue weighted by Crippen LogP contribution is -2.21. The second kappa shape index (κ2) is 4.87. The number of rotatable bonds is 1. The van der Waals surface area contributed by atoms with Crippen molar-refractivity contribution in [1.82, 2.24) is 0 Å². The number of benzene rings is 1. The summed E-state index contributed by atoms with van der Waals surface area (Å²) in [5.41, 5.74) is 10.0. The minimum Gasteiger partial charge on any atom is -0.398 e. The Balaban J connectivity index is 3.52. The van der Waals surface area contributed by atoms with Crippen LogP contribution in [0.3, 0.4) is 0 Å². The Labute approximate surface area is 116 Å². The van der Waals surface area contributed by atoms with Crippen LogP contribution in [-0.4, -0.2) is 5.91 Å². The van der Waals surface area contributed by atoms with Crippen LogP contribution in [0.2, 0.25) is 0 Å². The minimum atomic E-state index is -0.0653. The fourth-order valence-corrected chi connectivity index (χ4v) is 2.17. The molecule has 0 spiro atoms. The molecule has 1 amide bonds. The largest absolute Gasteiger partial charge is 0.398 e. The van der Waals surface area contributed by atoms with Gasteiger partial charge in [0.2, 0.25) is 5.91 Å². The van der Waals surface area contributed by atoms with Gasteiger partial charge in [0.1, 0.15) is 0 Å². The van der Waals surface area contributed by atoms with E-state index in [0.29, 0.717) is 0 Å². The molecule has 0 aliphatic heterocycles. The summed E-state index contributed by atoms with van der Waals surface area (Å²) in [4.78, 5) is 11.3. The van der Waals surface area contributed by atoms with Gasteiger partial charge in [0, 0.05) is 18.3 Å². The molecule has 19 heavy (non-hydrogen) atoms. The van der Waals surface area contributed by atoms with E-state index in [1.165, 1.54) is 6.92 Å². The Morgan fingerprint density at radius 3 is 1.63 bits per heavy atom. The molecule has 3 heteroatoms. The summed E-state index contributed by atoms with van der Waals surface area (Å²) in [5, 5.41) is 2.86. The van der Waals surface area contributed by atoms with Crippen molar-refractivity contribution in [2.24, 2.45) is 0 Å². The first kappa shape index (κ1) is 15.5. The smallest absolute Gasteiger partial charge is 0.221 e. The Kier molecular flexibility index (Phi) is 3.99. The number of nitrogens with one attached hydrogen (secondary N) is 1. The maximum absolute atomic E-state index is 11.3. The lowest BCUT2D eigenvalue weighted by atomic mass is 9.78. The third-order valence-corrected chi connectivity index (χ3v) is 3.12. The third-order valence-electron chi connectivity index (χ3n) is 3.12. The highest BCUT2D eigenvalue weighted by Gasteiger charge is 2.25. The topological polar surface area (TPSA) is 55.1 Å². The summed E-state index contributed by atoms with van der Waals surface area (Å²) in [7, 11) is 0. The monoisotopic (exact) mass is 262 g/mol. The molecule has 0 aliphatic rings. The van der Waals surface area contributed by atoms with Crippen molar-refractivity contribution in [2.45, 2.75) is 59.3 Å². The predicted molar refractivity (Wildman–Crippen MR) is 82.6 cm³/mol. The standard InChI is InChI=1S/C16H26N2O/c1-10(19)18-11-8-12(15(2,3)4)14(17)13(9-11)16(5,6)7/h8-9H,17H2,1-7H3,(H,18,19). The highest BCUT2D eigenvalue weighted by Crippen LogP contribution is 2.38. The molecule has 0 radical (unpaired) electrons. The third kappa shape index (κ3) is 3.72. The number of hydrogen-bond donors (Lipinski definition) is 2. The molecule has 3 nitrogen and oxygen atoms in total. The lowest BCUT2D eigenvalue weighted by molar-refractivity contribution is -0.114. The molecule has 0 saturated heterocycles. The molecule has 0 fully saturated rings. The molecule has 3 N–H and O–H groups in total. The van der Waals surface area contributed by atoms with E-state index in [1.807, 2.05) is 12.1 Å². The van der Waals surface area contributed by atoms with E-state index in [-0.39, 0.29) is 16.7 Å². The summed E-state index contributed by atoms with van der Waals surface area (Å²) in [6, 6.07) is 3.96. The molecule has 0 unspecified atom stereocenters. The van der Waals surface area contributed by atoms with Crippen molar-refractivity contribution in [2.75, 3.05) is 11.1 Å². The highest BCUT2D eigenvalue weighted by atomic mass is 16.1. The first-order valence-corrected chi connectivity index (χ1v) is 6.65. The number of carbonyl (C=O) groups is 1. The molecular formula is C16H26N2O. The van der Waals surface area contributed by atoms with Crippen molar-refractivity contribution in [3.63, 3.8) is 0 Å². The normalized spacial score (nSPS) is 12.4. The zero-order valence-electron chi connectivity index (χ0n) is 13.1. The molecule has 0 aliphatic carbocycles. The molecule has 1 aromatic rings. The van der Waals surface area contributed by atoms with Crippen molar-refractivity contribution in [1.29, 1.82) is 0 Å². The fraction of sp³-hybridized carbons (Fsp3) is 0.562. The average molecular weight is 262 g/mol. The van der Waals surface area contributed by atoms with Gasteiger partial charge in [-0.05, 0) is 34.1 Å². The van der Waals surface area contributed by atoms with E-state index >= 15 is 0 Å². The summed E-state index contributed by atoms with van der Waals surface area (Å²) >= 11 is 0. The molecule has 0 atom stereocenters. The van der Waals surface area contributed by atoms with Gasteiger partial charge in [-0.15, -0.1) is 0 Å². The van der Waals surface area contributed by atoms with Gasteiger partial charge in [0.05, 0.1) is 0 Å². The van der Waals surface area contributed by atoms with E-state index in [1.54, 1.807) is 0 Å².